The second-order valence-electron chi connectivity index (χ2n) is 7.41. The van der Waals surface area contributed by atoms with Gasteiger partial charge < -0.3 is 14.8 Å². The third-order valence-electron chi connectivity index (χ3n) is 5.52. The van der Waals surface area contributed by atoms with Crippen LogP contribution in [-0.2, 0) is 16.8 Å². The number of amides is 1. The van der Waals surface area contributed by atoms with Crippen LogP contribution in [0.25, 0.3) is 0 Å². The summed E-state index contributed by atoms with van der Waals surface area (Å²) in [6.45, 7) is 5.00. The van der Waals surface area contributed by atoms with Crippen molar-refractivity contribution in [1.82, 2.24) is 10.2 Å². The van der Waals surface area contributed by atoms with Gasteiger partial charge in [0.15, 0.2) is 11.5 Å². The van der Waals surface area contributed by atoms with E-state index in [-0.39, 0.29) is 18.1 Å². The average molecular weight is 366 g/mol. The monoisotopic (exact) mass is 366 g/mol. The Hall–Kier alpha value is -2.53. The van der Waals surface area contributed by atoms with Crippen molar-refractivity contribution in [2.75, 3.05) is 26.4 Å². The molecule has 1 heterocycles. The summed E-state index contributed by atoms with van der Waals surface area (Å²) in [4.78, 5) is 14.6. The Kier molecular flexibility index (Phi) is 5.03. The summed E-state index contributed by atoms with van der Waals surface area (Å²) in [5.74, 6) is 1.65. The van der Waals surface area contributed by atoms with E-state index in [2.05, 4.69) is 41.4 Å². The summed E-state index contributed by atoms with van der Waals surface area (Å²) >= 11 is 0. The smallest absolute Gasteiger partial charge is 0.234 e. The summed E-state index contributed by atoms with van der Waals surface area (Å²) in [7, 11) is 0. The van der Waals surface area contributed by atoms with E-state index in [0.717, 1.165) is 43.0 Å². The molecule has 2 aromatic carbocycles. The van der Waals surface area contributed by atoms with Crippen molar-refractivity contribution in [3.63, 3.8) is 0 Å². The van der Waals surface area contributed by atoms with E-state index in [0.29, 0.717) is 13.1 Å². The van der Waals surface area contributed by atoms with E-state index in [1.165, 1.54) is 5.56 Å². The maximum Gasteiger partial charge on any atom is 0.234 e. The Labute approximate surface area is 160 Å². The van der Waals surface area contributed by atoms with Crippen LogP contribution in [0, 0.1) is 0 Å². The Balaban J connectivity index is 1.30. The molecule has 0 aromatic heterocycles. The minimum Gasteiger partial charge on any atom is -0.454 e. The van der Waals surface area contributed by atoms with Crippen LogP contribution in [0.3, 0.4) is 0 Å². The predicted octanol–water partition coefficient (Wildman–Crippen LogP) is 3.09. The molecule has 4 rings (SSSR count). The van der Waals surface area contributed by atoms with Crippen LogP contribution in [0.5, 0.6) is 11.5 Å². The number of carbonyl (C=O) groups is 1. The third-order valence-corrected chi connectivity index (χ3v) is 5.52. The fourth-order valence-corrected chi connectivity index (χ4v) is 3.61. The average Bonchev–Trinajstić information content (AvgIpc) is 3.36. The number of benzene rings is 2. The van der Waals surface area contributed by atoms with E-state index in [9.17, 15) is 4.79 Å². The standard InChI is InChI=1S/C22H26N2O3/c1-2-24(13-17-8-9-19-20(12-17)27-16-26-19)14-21(25)23-15-22(10-11-22)18-6-4-3-5-7-18/h3-9,12H,2,10-11,13-16H2,1H3,(H,23,25). The summed E-state index contributed by atoms with van der Waals surface area (Å²) in [5.41, 5.74) is 2.60. The Morgan fingerprint density at radius 3 is 2.63 bits per heavy atom. The first-order valence-corrected chi connectivity index (χ1v) is 9.62. The highest BCUT2D eigenvalue weighted by molar-refractivity contribution is 5.78. The maximum absolute atomic E-state index is 12.5. The van der Waals surface area contributed by atoms with Crippen molar-refractivity contribution in [3.8, 4) is 11.5 Å². The van der Waals surface area contributed by atoms with Gasteiger partial charge in [0.2, 0.25) is 12.7 Å². The molecule has 1 saturated carbocycles. The van der Waals surface area contributed by atoms with Crippen molar-refractivity contribution in [2.24, 2.45) is 0 Å². The molecule has 0 bridgehead atoms. The lowest BCUT2D eigenvalue weighted by molar-refractivity contribution is -0.122. The topological polar surface area (TPSA) is 50.8 Å². The number of ether oxygens (including phenoxy) is 2. The molecule has 0 spiro atoms. The predicted molar refractivity (Wildman–Crippen MR) is 104 cm³/mol. The van der Waals surface area contributed by atoms with Crippen molar-refractivity contribution in [3.05, 3.63) is 59.7 Å². The number of fused-ring (bicyclic) bond motifs is 1. The zero-order valence-electron chi connectivity index (χ0n) is 15.7. The number of nitrogens with one attached hydrogen (secondary N) is 1. The van der Waals surface area contributed by atoms with Gasteiger partial charge in [-0.05, 0) is 42.6 Å². The highest BCUT2D eigenvalue weighted by Gasteiger charge is 2.44. The van der Waals surface area contributed by atoms with Gasteiger partial charge in [-0.2, -0.15) is 0 Å². The second-order valence-corrected chi connectivity index (χ2v) is 7.41. The van der Waals surface area contributed by atoms with Gasteiger partial charge in [-0.3, -0.25) is 9.69 Å². The first kappa shape index (κ1) is 17.9. The van der Waals surface area contributed by atoms with E-state index in [4.69, 9.17) is 9.47 Å². The molecule has 1 aliphatic carbocycles. The van der Waals surface area contributed by atoms with Gasteiger partial charge in [0.1, 0.15) is 0 Å². The molecule has 1 aliphatic heterocycles. The Morgan fingerprint density at radius 1 is 1.11 bits per heavy atom. The molecule has 2 aromatic rings. The fourth-order valence-electron chi connectivity index (χ4n) is 3.61. The lowest BCUT2D eigenvalue weighted by Crippen LogP contribution is -2.40. The van der Waals surface area contributed by atoms with Gasteiger partial charge in [0.05, 0.1) is 6.54 Å². The third kappa shape index (κ3) is 4.08. The molecular weight excluding hydrogens is 340 g/mol. The van der Waals surface area contributed by atoms with E-state index >= 15 is 0 Å². The lowest BCUT2D eigenvalue weighted by atomic mass is 9.96. The molecule has 1 fully saturated rings. The molecule has 5 heteroatoms. The molecule has 0 saturated heterocycles. The minimum absolute atomic E-state index is 0.0831. The molecule has 142 valence electrons. The molecule has 1 amide bonds. The van der Waals surface area contributed by atoms with Crippen LogP contribution in [-0.4, -0.2) is 37.2 Å². The van der Waals surface area contributed by atoms with Crippen molar-refractivity contribution in [1.29, 1.82) is 0 Å². The highest BCUT2D eigenvalue weighted by atomic mass is 16.7. The molecular formula is C22H26N2O3. The molecule has 27 heavy (non-hydrogen) atoms. The zero-order valence-corrected chi connectivity index (χ0v) is 15.7. The normalized spacial score (nSPS) is 16.4. The van der Waals surface area contributed by atoms with Crippen LogP contribution in [0.1, 0.15) is 30.9 Å². The van der Waals surface area contributed by atoms with Gasteiger partial charge in [0, 0.05) is 18.5 Å². The first-order valence-electron chi connectivity index (χ1n) is 9.62. The summed E-state index contributed by atoms with van der Waals surface area (Å²) in [6, 6.07) is 16.5. The SMILES string of the molecule is CCN(CC(=O)NCC1(c2ccccc2)CC1)Cc1ccc2c(c1)OCO2. The van der Waals surface area contributed by atoms with Gasteiger partial charge in [-0.1, -0.05) is 43.3 Å². The van der Waals surface area contributed by atoms with Crippen LogP contribution in [0.15, 0.2) is 48.5 Å². The van der Waals surface area contributed by atoms with Crippen LogP contribution >= 0.6 is 0 Å². The Bertz CT molecular complexity index is 802. The fraction of sp³-hybridized carbons (Fsp3) is 0.409. The van der Waals surface area contributed by atoms with Crippen molar-refractivity contribution in [2.45, 2.75) is 31.7 Å². The summed E-state index contributed by atoms with van der Waals surface area (Å²) in [6.07, 6.45) is 2.29. The lowest BCUT2D eigenvalue weighted by Gasteiger charge is -2.22. The number of hydrogen-bond donors (Lipinski definition) is 1. The number of carbonyl (C=O) groups excluding carboxylic acids is 1. The molecule has 1 N–H and O–H groups in total. The Morgan fingerprint density at radius 2 is 1.89 bits per heavy atom. The van der Waals surface area contributed by atoms with Crippen LogP contribution < -0.4 is 14.8 Å². The van der Waals surface area contributed by atoms with Gasteiger partial charge in [-0.25, -0.2) is 0 Å². The molecule has 0 radical (unpaired) electrons. The van der Waals surface area contributed by atoms with Gasteiger partial charge >= 0.3 is 0 Å². The second kappa shape index (κ2) is 7.61. The molecule has 2 aliphatic rings. The van der Waals surface area contributed by atoms with Crippen molar-refractivity contribution >= 4 is 5.91 Å². The van der Waals surface area contributed by atoms with E-state index in [1.807, 2.05) is 24.3 Å². The first-order chi connectivity index (χ1) is 13.2. The van der Waals surface area contributed by atoms with Gasteiger partial charge in [-0.15, -0.1) is 0 Å². The molecule has 0 atom stereocenters. The number of rotatable bonds is 8. The summed E-state index contributed by atoms with van der Waals surface area (Å²) < 4.78 is 10.8. The van der Waals surface area contributed by atoms with E-state index in [1.54, 1.807) is 0 Å². The quantitative estimate of drug-likeness (QED) is 0.780. The molecule has 5 nitrogen and oxygen atoms in total. The maximum atomic E-state index is 12.5. The van der Waals surface area contributed by atoms with Crippen LogP contribution in [0.4, 0.5) is 0 Å². The highest BCUT2D eigenvalue weighted by Crippen LogP contribution is 2.47. The van der Waals surface area contributed by atoms with Gasteiger partial charge in [0.25, 0.3) is 0 Å². The van der Waals surface area contributed by atoms with Crippen molar-refractivity contribution < 1.29 is 14.3 Å². The largest absolute Gasteiger partial charge is 0.454 e. The zero-order chi connectivity index (χ0) is 18.7. The van der Waals surface area contributed by atoms with Crippen LogP contribution in [0.2, 0.25) is 0 Å². The minimum atomic E-state index is 0.0831. The van der Waals surface area contributed by atoms with E-state index < -0.39 is 0 Å². The molecule has 0 unspecified atom stereocenters. The summed E-state index contributed by atoms with van der Waals surface area (Å²) in [5, 5.41) is 3.15. The number of nitrogens with zero attached hydrogens (tertiary/aromatic N) is 1. The number of hydrogen-bond acceptors (Lipinski definition) is 4. The number of likely N-dealkylation sites (N-methyl/N-ethyl adjacent to an activating group) is 1.